The predicted octanol–water partition coefficient (Wildman–Crippen LogP) is 18.8. The molecule has 0 unspecified atom stereocenters. The van der Waals surface area contributed by atoms with Crippen LogP contribution in [0.2, 0.25) is 0 Å². The second-order valence-corrected chi connectivity index (χ2v) is 24.7. The van der Waals surface area contributed by atoms with Crippen LogP contribution in [-0.4, -0.2) is 16.2 Å². The lowest BCUT2D eigenvalue weighted by molar-refractivity contribution is 0.483. The number of nitrogens with zero attached hydrogens (tertiary/aromatic N) is 4. The Morgan fingerprint density at radius 2 is 0.855 bits per heavy atom. The number of aromatic nitrogens is 2. The van der Waals surface area contributed by atoms with Crippen molar-refractivity contribution in [3.63, 3.8) is 0 Å². The molecular weight excluding hydrogens is 925 g/mol. The van der Waals surface area contributed by atoms with Crippen LogP contribution in [0.25, 0.3) is 27.6 Å². The van der Waals surface area contributed by atoms with Crippen LogP contribution in [0.3, 0.4) is 0 Å². The molecule has 0 atom stereocenters. The van der Waals surface area contributed by atoms with Gasteiger partial charge >= 0.3 is 0 Å². The summed E-state index contributed by atoms with van der Waals surface area (Å²) in [6.07, 6.45) is 1.96. The summed E-state index contributed by atoms with van der Waals surface area (Å²) >= 11 is 0. The van der Waals surface area contributed by atoms with Gasteiger partial charge in [0.25, 0.3) is 0 Å². The third kappa shape index (κ3) is 9.14. The summed E-state index contributed by atoms with van der Waals surface area (Å²) in [5.41, 5.74) is 16.1. The largest absolute Gasteiger partial charge is 0.457 e. The van der Waals surface area contributed by atoms with E-state index in [4.69, 9.17) is 9.72 Å². The normalized spacial score (nSPS) is 13.4. The Morgan fingerprint density at radius 1 is 0.355 bits per heavy atom. The number of hydrogen-bond acceptors (Lipinski definition) is 4. The van der Waals surface area contributed by atoms with E-state index >= 15 is 0 Å². The third-order valence-electron chi connectivity index (χ3n) is 16.5. The number of rotatable bonds is 11. The van der Waals surface area contributed by atoms with Gasteiger partial charge in [0, 0.05) is 56.7 Å². The number of pyridine rings is 1. The maximum atomic E-state index is 6.97. The first-order valence-corrected chi connectivity index (χ1v) is 27.0. The fourth-order valence-corrected chi connectivity index (χ4v) is 11.3. The zero-order valence-electron chi connectivity index (χ0n) is 46.5. The maximum absolute atomic E-state index is 6.97. The molecule has 8 aromatic carbocycles. The number of benzene rings is 8. The molecule has 5 heteroatoms. The standard InChI is InChI=1S/C71H72N4O/c1-67(2,3)51-31-34-60-61-35-33-59(46-64(61)75(63(60)42-51)66-44-53(37-38-72-66)69(7,8)48-23-16-13-17-24-48)76-58-30-22-29-56(45-58)73-47-74(65-43-52(68(4,5)6)32-36-62(65)73)57-40-54(70(9,10)49-25-18-14-19-26-49)39-55(41-57)71(11,12)50-27-20-15-21-28-50/h13-46H,47H2,1-12H3. The highest BCUT2D eigenvalue weighted by molar-refractivity contribution is 6.09. The molecule has 10 aromatic rings. The van der Waals surface area contributed by atoms with Crippen LogP contribution < -0.4 is 14.5 Å². The Bertz CT molecular complexity index is 3690. The first-order chi connectivity index (χ1) is 36.2. The van der Waals surface area contributed by atoms with Gasteiger partial charge in [0.05, 0.1) is 22.4 Å². The minimum absolute atomic E-state index is 0.0351. The van der Waals surface area contributed by atoms with Crippen molar-refractivity contribution in [2.75, 3.05) is 16.5 Å². The molecule has 76 heavy (non-hydrogen) atoms. The zero-order valence-corrected chi connectivity index (χ0v) is 46.5. The van der Waals surface area contributed by atoms with Crippen molar-refractivity contribution >= 4 is 44.6 Å². The molecule has 382 valence electrons. The van der Waals surface area contributed by atoms with Crippen molar-refractivity contribution in [1.82, 2.24) is 9.55 Å². The van der Waals surface area contributed by atoms with Gasteiger partial charge < -0.3 is 14.5 Å². The van der Waals surface area contributed by atoms with Crippen molar-refractivity contribution in [2.45, 2.75) is 110 Å². The summed E-state index contributed by atoms with van der Waals surface area (Å²) in [5, 5.41) is 2.34. The van der Waals surface area contributed by atoms with E-state index in [9.17, 15) is 0 Å². The smallest absolute Gasteiger partial charge is 0.137 e. The summed E-state index contributed by atoms with van der Waals surface area (Å²) in [6, 6.07) is 73.4. The molecule has 0 spiro atoms. The molecule has 1 aliphatic rings. The van der Waals surface area contributed by atoms with Crippen molar-refractivity contribution in [3.8, 4) is 17.3 Å². The van der Waals surface area contributed by atoms with Crippen LogP contribution in [0, 0.1) is 0 Å². The van der Waals surface area contributed by atoms with E-state index in [0.29, 0.717) is 6.67 Å². The van der Waals surface area contributed by atoms with Gasteiger partial charge in [-0.25, -0.2) is 4.98 Å². The van der Waals surface area contributed by atoms with E-state index in [1.165, 1.54) is 61.3 Å². The molecule has 0 radical (unpaired) electrons. The van der Waals surface area contributed by atoms with Gasteiger partial charge in [-0.15, -0.1) is 0 Å². The monoisotopic (exact) mass is 997 g/mol. The quantitative estimate of drug-likeness (QED) is 0.129. The summed E-state index contributed by atoms with van der Waals surface area (Å²) < 4.78 is 9.30. The van der Waals surface area contributed by atoms with E-state index in [1.54, 1.807) is 0 Å². The minimum atomic E-state index is -0.257. The third-order valence-corrected chi connectivity index (χ3v) is 16.5. The van der Waals surface area contributed by atoms with Gasteiger partial charge in [-0.2, -0.15) is 0 Å². The summed E-state index contributed by atoms with van der Waals surface area (Å²) in [6.45, 7) is 28.4. The number of ether oxygens (including phenoxy) is 1. The molecule has 0 amide bonds. The van der Waals surface area contributed by atoms with E-state index in [1.807, 2.05) is 6.20 Å². The van der Waals surface area contributed by atoms with Crippen molar-refractivity contribution in [1.29, 1.82) is 0 Å². The minimum Gasteiger partial charge on any atom is -0.457 e. The van der Waals surface area contributed by atoms with E-state index in [-0.39, 0.29) is 27.1 Å². The molecule has 2 aromatic heterocycles. The summed E-state index contributed by atoms with van der Waals surface area (Å²) in [7, 11) is 0. The summed E-state index contributed by atoms with van der Waals surface area (Å²) in [5.74, 6) is 2.41. The highest BCUT2D eigenvalue weighted by Gasteiger charge is 2.35. The van der Waals surface area contributed by atoms with Crippen LogP contribution in [0.15, 0.2) is 206 Å². The SMILES string of the molecule is CC(C)(C)c1ccc2c(c1)N(c1cc(C(C)(C)c3ccccc3)cc(C(C)(C)c3ccccc3)c1)CN2c1cccc(Oc2ccc3c4ccc(C(C)(C)C)cc4n(-c4cc(C(C)(C)c5ccccc5)ccn4)c3c2)c1. The van der Waals surface area contributed by atoms with Gasteiger partial charge in [-0.05, 0) is 122 Å². The maximum Gasteiger partial charge on any atom is 0.137 e. The Labute approximate surface area is 451 Å². The lowest BCUT2D eigenvalue weighted by atomic mass is 9.73. The Hall–Kier alpha value is -7.89. The van der Waals surface area contributed by atoms with Gasteiger partial charge in [0.15, 0.2) is 0 Å². The van der Waals surface area contributed by atoms with E-state index < -0.39 is 0 Å². The van der Waals surface area contributed by atoms with Gasteiger partial charge in [-0.1, -0.05) is 204 Å². The molecule has 5 nitrogen and oxygen atoms in total. The lowest BCUT2D eigenvalue weighted by Gasteiger charge is -2.33. The van der Waals surface area contributed by atoms with Gasteiger partial charge in [0.1, 0.15) is 24.0 Å². The topological polar surface area (TPSA) is 33.5 Å². The van der Waals surface area contributed by atoms with E-state index in [2.05, 4.69) is 298 Å². The lowest BCUT2D eigenvalue weighted by Crippen LogP contribution is -2.27. The second-order valence-electron chi connectivity index (χ2n) is 24.7. The molecular formula is C71H72N4O. The number of anilines is 4. The van der Waals surface area contributed by atoms with Crippen LogP contribution >= 0.6 is 0 Å². The fraction of sp³-hybridized carbons (Fsp3) is 0.254. The molecule has 0 saturated heterocycles. The average molecular weight is 997 g/mol. The molecule has 11 rings (SSSR count). The van der Waals surface area contributed by atoms with Crippen molar-refractivity contribution in [3.05, 3.63) is 251 Å². The van der Waals surface area contributed by atoms with Gasteiger partial charge in [0.2, 0.25) is 0 Å². The van der Waals surface area contributed by atoms with Crippen LogP contribution in [0.5, 0.6) is 11.5 Å². The molecule has 1 aliphatic heterocycles. The van der Waals surface area contributed by atoms with Gasteiger partial charge in [-0.3, -0.25) is 4.57 Å². The first kappa shape index (κ1) is 50.3. The zero-order chi connectivity index (χ0) is 53.4. The molecule has 0 aliphatic carbocycles. The van der Waals surface area contributed by atoms with E-state index in [0.717, 1.165) is 45.1 Å². The Kier molecular flexibility index (Phi) is 12.4. The Balaban J connectivity index is 0.997. The molecule has 0 bridgehead atoms. The van der Waals surface area contributed by atoms with Crippen LogP contribution in [-0.2, 0) is 27.1 Å². The second kappa shape index (κ2) is 18.7. The predicted molar refractivity (Wildman–Crippen MR) is 320 cm³/mol. The first-order valence-electron chi connectivity index (χ1n) is 27.0. The molecule has 0 fully saturated rings. The number of fused-ring (bicyclic) bond motifs is 4. The summed E-state index contributed by atoms with van der Waals surface area (Å²) in [4.78, 5) is 10.1. The van der Waals surface area contributed by atoms with Crippen LogP contribution in [0.4, 0.5) is 22.7 Å². The average Bonchev–Trinajstić information content (AvgIpc) is 4.01. The molecule has 0 N–H and O–H groups in total. The Morgan fingerprint density at radius 3 is 1.43 bits per heavy atom. The number of hydrogen-bond donors (Lipinski definition) is 0. The molecule has 3 heterocycles. The highest BCUT2D eigenvalue weighted by atomic mass is 16.5. The van der Waals surface area contributed by atoms with Crippen molar-refractivity contribution < 1.29 is 4.74 Å². The fourth-order valence-electron chi connectivity index (χ4n) is 11.3. The highest BCUT2D eigenvalue weighted by Crippen LogP contribution is 2.49. The van der Waals surface area contributed by atoms with Crippen molar-refractivity contribution in [2.24, 2.45) is 0 Å². The molecule has 0 saturated carbocycles. The van der Waals surface area contributed by atoms with Crippen LogP contribution in [0.1, 0.15) is 128 Å².